The Hall–Kier alpha value is -2.68. The SMILES string of the molecule is Cc1ccc(CNc2nccnc2C#N)c(N2CCCC2)n1. The van der Waals surface area contributed by atoms with Crippen LogP contribution in [0, 0.1) is 18.3 Å². The Bertz CT molecular complexity index is 700. The summed E-state index contributed by atoms with van der Waals surface area (Å²) in [5.74, 6) is 1.55. The molecule has 0 spiro atoms. The molecule has 2 aromatic heterocycles. The highest BCUT2D eigenvalue weighted by molar-refractivity contribution is 5.52. The standard InChI is InChI=1S/C16H18N6/c1-12-4-5-13(16(21-12)22-8-2-3-9-22)11-20-15-14(10-17)18-6-7-19-15/h4-7H,2-3,8-9,11H2,1H3,(H,19,20). The highest BCUT2D eigenvalue weighted by atomic mass is 15.2. The lowest BCUT2D eigenvalue weighted by Crippen LogP contribution is -2.22. The number of anilines is 2. The van der Waals surface area contributed by atoms with Crippen molar-refractivity contribution in [1.82, 2.24) is 15.0 Å². The average Bonchev–Trinajstić information content (AvgIpc) is 3.08. The molecule has 0 bridgehead atoms. The molecule has 0 aromatic carbocycles. The molecule has 2 aromatic rings. The van der Waals surface area contributed by atoms with Crippen molar-refractivity contribution in [1.29, 1.82) is 5.26 Å². The van der Waals surface area contributed by atoms with Crippen molar-refractivity contribution in [2.24, 2.45) is 0 Å². The minimum atomic E-state index is 0.310. The van der Waals surface area contributed by atoms with Crippen LogP contribution in [0.4, 0.5) is 11.6 Å². The van der Waals surface area contributed by atoms with Crippen molar-refractivity contribution in [2.75, 3.05) is 23.3 Å². The first-order chi connectivity index (χ1) is 10.8. The van der Waals surface area contributed by atoms with Gasteiger partial charge in [-0.2, -0.15) is 5.26 Å². The van der Waals surface area contributed by atoms with Crippen LogP contribution in [0.3, 0.4) is 0 Å². The van der Waals surface area contributed by atoms with E-state index in [9.17, 15) is 0 Å². The van der Waals surface area contributed by atoms with Gasteiger partial charge >= 0.3 is 0 Å². The number of aryl methyl sites for hydroxylation is 1. The largest absolute Gasteiger partial charge is 0.363 e. The number of rotatable bonds is 4. The maximum Gasteiger partial charge on any atom is 0.182 e. The fraction of sp³-hybridized carbons (Fsp3) is 0.375. The molecule has 0 amide bonds. The monoisotopic (exact) mass is 294 g/mol. The highest BCUT2D eigenvalue weighted by Gasteiger charge is 2.17. The maximum atomic E-state index is 9.07. The Balaban J connectivity index is 1.82. The number of aromatic nitrogens is 3. The molecule has 0 aliphatic carbocycles. The van der Waals surface area contributed by atoms with Gasteiger partial charge < -0.3 is 10.2 Å². The summed E-state index contributed by atoms with van der Waals surface area (Å²) < 4.78 is 0. The Kier molecular flexibility index (Phi) is 4.15. The predicted molar refractivity (Wildman–Crippen MR) is 84.5 cm³/mol. The summed E-state index contributed by atoms with van der Waals surface area (Å²) >= 11 is 0. The fourth-order valence-electron chi connectivity index (χ4n) is 2.64. The minimum Gasteiger partial charge on any atom is -0.363 e. The van der Waals surface area contributed by atoms with Gasteiger partial charge in [0.1, 0.15) is 11.9 Å². The molecular formula is C16H18N6. The molecule has 1 N–H and O–H groups in total. The topological polar surface area (TPSA) is 77.7 Å². The molecule has 1 fully saturated rings. The van der Waals surface area contributed by atoms with Crippen LogP contribution in [-0.4, -0.2) is 28.0 Å². The van der Waals surface area contributed by atoms with E-state index < -0.39 is 0 Å². The first-order valence-corrected chi connectivity index (χ1v) is 7.44. The molecule has 112 valence electrons. The van der Waals surface area contributed by atoms with Crippen molar-refractivity contribution >= 4 is 11.6 Å². The molecule has 6 nitrogen and oxygen atoms in total. The summed E-state index contributed by atoms with van der Waals surface area (Å²) in [6.45, 7) is 4.69. The van der Waals surface area contributed by atoms with Crippen molar-refractivity contribution in [2.45, 2.75) is 26.3 Å². The van der Waals surface area contributed by atoms with E-state index >= 15 is 0 Å². The van der Waals surface area contributed by atoms with Gasteiger partial charge in [-0.1, -0.05) is 6.07 Å². The number of nitriles is 1. The molecule has 0 unspecified atom stereocenters. The molecule has 3 rings (SSSR count). The van der Waals surface area contributed by atoms with E-state index in [4.69, 9.17) is 10.2 Å². The smallest absolute Gasteiger partial charge is 0.182 e. The average molecular weight is 294 g/mol. The van der Waals surface area contributed by atoms with Crippen LogP contribution in [0.5, 0.6) is 0 Å². The molecule has 3 heterocycles. The molecule has 1 aliphatic rings. The molecule has 1 aliphatic heterocycles. The second-order valence-corrected chi connectivity index (χ2v) is 5.35. The van der Waals surface area contributed by atoms with E-state index in [2.05, 4.69) is 26.3 Å². The van der Waals surface area contributed by atoms with Gasteiger partial charge in [0.15, 0.2) is 11.5 Å². The zero-order chi connectivity index (χ0) is 15.4. The molecule has 0 radical (unpaired) electrons. The second-order valence-electron chi connectivity index (χ2n) is 5.35. The zero-order valence-electron chi connectivity index (χ0n) is 12.6. The van der Waals surface area contributed by atoms with Crippen LogP contribution >= 0.6 is 0 Å². The molecular weight excluding hydrogens is 276 g/mol. The van der Waals surface area contributed by atoms with Gasteiger partial charge in [-0.05, 0) is 25.8 Å². The van der Waals surface area contributed by atoms with Gasteiger partial charge in [0.2, 0.25) is 0 Å². The van der Waals surface area contributed by atoms with E-state index in [0.717, 1.165) is 30.2 Å². The summed E-state index contributed by atoms with van der Waals surface area (Å²) in [6.07, 6.45) is 5.53. The van der Waals surface area contributed by atoms with Crippen LogP contribution in [-0.2, 0) is 6.54 Å². The van der Waals surface area contributed by atoms with Gasteiger partial charge in [-0.15, -0.1) is 0 Å². The number of pyridine rings is 1. The number of nitrogens with zero attached hydrogens (tertiary/aromatic N) is 5. The van der Waals surface area contributed by atoms with Crippen molar-refractivity contribution in [3.8, 4) is 6.07 Å². The van der Waals surface area contributed by atoms with Gasteiger partial charge in [0.05, 0.1) is 0 Å². The van der Waals surface area contributed by atoms with Crippen LogP contribution in [0.15, 0.2) is 24.5 Å². The van der Waals surface area contributed by atoms with Gasteiger partial charge in [-0.25, -0.2) is 15.0 Å². The van der Waals surface area contributed by atoms with Gasteiger partial charge in [0, 0.05) is 43.3 Å². The van der Waals surface area contributed by atoms with Crippen LogP contribution in [0.25, 0.3) is 0 Å². The molecule has 1 saturated heterocycles. The second kappa shape index (κ2) is 6.39. The van der Waals surface area contributed by atoms with E-state index in [1.54, 1.807) is 6.20 Å². The van der Waals surface area contributed by atoms with Crippen molar-refractivity contribution < 1.29 is 0 Å². The van der Waals surface area contributed by atoms with E-state index in [-0.39, 0.29) is 0 Å². The van der Waals surface area contributed by atoms with E-state index in [1.165, 1.54) is 19.0 Å². The summed E-state index contributed by atoms with van der Waals surface area (Å²) in [7, 11) is 0. The summed E-state index contributed by atoms with van der Waals surface area (Å²) in [4.78, 5) is 15.2. The molecule has 0 saturated carbocycles. The fourth-order valence-corrected chi connectivity index (χ4v) is 2.64. The van der Waals surface area contributed by atoms with Crippen LogP contribution in [0.2, 0.25) is 0 Å². The van der Waals surface area contributed by atoms with E-state index in [1.807, 2.05) is 19.1 Å². The van der Waals surface area contributed by atoms with Crippen molar-refractivity contribution in [3.05, 3.63) is 41.5 Å². The normalized spacial score (nSPS) is 13.9. The minimum absolute atomic E-state index is 0.310. The molecule has 0 atom stereocenters. The Morgan fingerprint density at radius 1 is 1.23 bits per heavy atom. The summed E-state index contributed by atoms with van der Waals surface area (Å²) in [5.41, 5.74) is 2.44. The van der Waals surface area contributed by atoms with Crippen LogP contribution < -0.4 is 10.2 Å². The Labute approximate surface area is 129 Å². The van der Waals surface area contributed by atoms with Crippen molar-refractivity contribution in [3.63, 3.8) is 0 Å². The third kappa shape index (κ3) is 2.98. The van der Waals surface area contributed by atoms with Gasteiger partial charge in [-0.3, -0.25) is 0 Å². The number of hydrogen-bond donors (Lipinski definition) is 1. The Morgan fingerprint density at radius 2 is 2.00 bits per heavy atom. The summed E-state index contributed by atoms with van der Waals surface area (Å²) in [5, 5.41) is 12.3. The Morgan fingerprint density at radius 3 is 2.77 bits per heavy atom. The van der Waals surface area contributed by atoms with Gasteiger partial charge in [0.25, 0.3) is 0 Å². The first-order valence-electron chi connectivity index (χ1n) is 7.44. The lowest BCUT2D eigenvalue weighted by Gasteiger charge is -2.21. The third-order valence-corrected chi connectivity index (χ3v) is 3.75. The summed E-state index contributed by atoms with van der Waals surface area (Å²) in [6, 6.07) is 6.15. The van der Waals surface area contributed by atoms with E-state index in [0.29, 0.717) is 18.1 Å². The van der Waals surface area contributed by atoms with Crippen LogP contribution in [0.1, 0.15) is 29.8 Å². The number of hydrogen-bond acceptors (Lipinski definition) is 6. The quantitative estimate of drug-likeness (QED) is 0.932. The highest BCUT2D eigenvalue weighted by Crippen LogP contribution is 2.23. The zero-order valence-corrected chi connectivity index (χ0v) is 12.6. The number of nitrogens with one attached hydrogen (secondary N) is 1. The molecule has 6 heteroatoms. The lowest BCUT2D eigenvalue weighted by molar-refractivity contribution is 0.905. The predicted octanol–water partition coefficient (Wildman–Crippen LogP) is 2.26. The maximum absolute atomic E-state index is 9.07. The molecule has 22 heavy (non-hydrogen) atoms. The lowest BCUT2D eigenvalue weighted by atomic mass is 10.2. The third-order valence-electron chi connectivity index (χ3n) is 3.75. The first kappa shape index (κ1) is 14.3.